The average molecular weight is 354 g/mol. The topological polar surface area (TPSA) is 89.5 Å². The predicted molar refractivity (Wildman–Crippen MR) is 83.6 cm³/mol. The number of amides is 1. The van der Waals surface area contributed by atoms with Crippen LogP contribution in [0.5, 0.6) is 0 Å². The molecule has 6 nitrogen and oxygen atoms in total. The van der Waals surface area contributed by atoms with E-state index in [9.17, 15) is 18.0 Å². The molecule has 1 amide bonds. The monoisotopic (exact) mass is 353 g/mol. The van der Waals surface area contributed by atoms with Gasteiger partial charge in [0.2, 0.25) is 0 Å². The number of halogens is 1. The fourth-order valence-corrected chi connectivity index (χ4v) is 2.70. The summed E-state index contributed by atoms with van der Waals surface area (Å²) in [6.07, 6.45) is -1.09. The van der Waals surface area contributed by atoms with Crippen molar-refractivity contribution in [1.82, 2.24) is 4.72 Å². The second kappa shape index (κ2) is 7.26. The first-order valence-electron chi connectivity index (χ1n) is 6.42. The number of carbonyl (C=O) groups is 2. The van der Waals surface area contributed by atoms with E-state index in [1.165, 1.54) is 24.3 Å². The number of ether oxygens (including phenoxy) is 1. The van der Waals surface area contributed by atoms with Crippen molar-refractivity contribution >= 4 is 33.0 Å². The highest BCUT2D eigenvalue weighted by Crippen LogP contribution is 2.12. The molecule has 0 atom stereocenters. The third-order valence-electron chi connectivity index (χ3n) is 2.82. The number of hydrogen-bond acceptors (Lipinski definition) is 5. The van der Waals surface area contributed by atoms with Gasteiger partial charge in [0.05, 0.1) is 4.90 Å². The van der Waals surface area contributed by atoms with E-state index in [2.05, 4.69) is 0 Å². The zero-order valence-corrected chi connectivity index (χ0v) is 13.3. The van der Waals surface area contributed by atoms with E-state index in [1.807, 2.05) is 6.07 Å². The van der Waals surface area contributed by atoms with Crippen LogP contribution < -0.4 is 4.72 Å². The molecule has 2 rings (SSSR count). The van der Waals surface area contributed by atoms with Crippen LogP contribution in [-0.2, 0) is 21.4 Å². The van der Waals surface area contributed by atoms with Gasteiger partial charge in [-0.25, -0.2) is 17.9 Å². The fraction of sp³-hybridized carbons (Fsp3) is 0.0667. The Hall–Kier alpha value is -2.38. The van der Waals surface area contributed by atoms with Gasteiger partial charge in [-0.3, -0.25) is 4.79 Å². The van der Waals surface area contributed by atoms with Crippen LogP contribution in [0.2, 0.25) is 0 Å². The standard InChI is InChI=1S/C15H12ClNO5S/c16-14(18)12-6-8-13(9-7-12)23(20,21)17-15(19)22-10-11-4-2-1-3-5-11/h1-9H,10H2,(H,17,19). The van der Waals surface area contributed by atoms with Crippen molar-refractivity contribution in [3.63, 3.8) is 0 Å². The molecule has 0 aromatic heterocycles. The van der Waals surface area contributed by atoms with Gasteiger partial charge in [0.15, 0.2) is 0 Å². The summed E-state index contributed by atoms with van der Waals surface area (Å²) in [4.78, 5) is 22.3. The molecule has 0 spiro atoms. The maximum atomic E-state index is 12.0. The highest BCUT2D eigenvalue weighted by atomic mass is 35.5. The second-order valence-electron chi connectivity index (χ2n) is 4.47. The van der Waals surface area contributed by atoms with E-state index in [0.29, 0.717) is 0 Å². The fourth-order valence-electron chi connectivity index (χ4n) is 1.69. The van der Waals surface area contributed by atoms with Gasteiger partial charge in [-0.2, -0.15) is 0 Å². The lowest BCUT2D eigenvalue weighted by Crippen LogP contribution is -2.31. The summed E-state index contributed by atoms with van der Waals surface area (Å²) >= 11 is 5.28. The molecule has 0 aliphatic rings. The largest absolute Gasteiger partial charge is 0.444 e. The third-order valence-corrected chi connectivity index (χ3v) is 4.37. The zero-order valence-electron chi connectivity index (χ0n) is 11.7. The predicted octanol–water partition coefficient (Wildman–Crippen LogP) is 2.68. The molecule has 120 valence electrons. The zero-order chi connectivity index (χ0) is 16.9. The minimum Gasteiger partial charge on any atom is -0.444 e. The lowest BCUT2D eigenvalue weighted by atomic mass is 10.2. The number of rotatable bonds is 5. The third kappa shape index (κ3) is 4.80. The van der Waals surface area contributed by atoms with Crippen LogP contribution in [0, 0.1) is 0 Å². The van der Waals surface area contributed by atoms with Crippen LogP contribution in [0.25, 0.3) is 0 Å². The molecule has 0 saturated carbocycles. The molecule has 2 aromatic rings. The molecular weight excluding hydrogens is 342 g/mol. The summed E-state index contributed by atoms with van der Waals surface area (Å²) < 4.78 is 30.6. The van der Waals surface area contributed by atoms with Gasteiger partial charge >= 0.3 is 6.09 Å². The SMILES string of the molecule is O=C(NS(=O)(=O)c1ccc(C(=O)Cl)cc1)OCc1ccccc1. The number of hydrogen-bond donors (Lipinski definition) is 1. The van der Waals surface area contributed by atoms with E-state index in [0.717, 1.165) is 5.56 Å². The van der Waals surface area contributed by atoms with Crippen molar-refractivity contribution in [3.05, 3.63) is 65.7 Å². The molecule has 23 heavy (non-hydrogen) atoms. The lowest BCUT2D eigenvalue weighted by Gasteiger charge is -2.08. The maximum absolute atomic E-state index is 12.0. The average Bonchev–Trinajstić information content (AvgIpc) is 2.53. The summed E-state index contributed by atoms with van der Waals surface area (Å²) in [7, 11) is -4.09. The number of sulfonamides is 1. The Morgan fingerprint density at radius 2 is 1.61 bits per heavy atom. The lowest BCUT2D eigenvalue weighted by molar-refractivity contribution is 0.108. The second-order valence-corrected chi connectivity index (χ2v) is 6.49. The summed E-state index contributed by atoms with van der Waals surface area (Å²) in [5.41, 5.74) is 0.877. The Bertz CT molecular complexity index is 804. The van der Waals surface area contributed by atoms with Crippen molar-refractivity contribution in [2.75, 3.05) is 0 Å². The Balaban J connectivity index is 1.99. The minimum absolute atomic E-state index is 0.0537. The smallest absolute Gasteiger partial charge is 0.421 e. The number of carbonyl (C=O) groups excluding carboxylic acids is 2. The van der Waals surface area contributed by atoms with E-state index in [-0.39, 0.29) is 17.1 Å². The maximum Gasteiger partial charge on any atom is 0.421 e. The molecule has 0 unspecified atom stereocenters. The van der Waals surface area contributed by atoms with Crippen molar-refractivity contribution in [2.24, 2.45) is 0 Å². The van der Waals surface area contributed by atoms with Crippen molar-refractivity contribution in [3.8, 4) is 0 Å². The molecule has 0 aliphatic carbocycles. The Morgan fingerprint density at radius 3 is 2.17 bits per heavy atom. The van der Waals surface area contributed by atoms with Gasteiger partial charge in [-0.15, -0.1) is 0 Å². The minimum atomic E-state index is -4.09. The van der Waals surface area contributed by atoms with Gasteiger partial charge in [0.1, 0.15) is 6.61 Å². The van der Waals surface area contributed by atoms with E-state index >= 15 is 0 Å². The quantitative estimate of drug-likeness (QED) is 0.835. The molecule has 2 aromatic carbocycles. The van der Waals surface area contributed by atoms with Crippen molar-refractivity contribution in [2.45, 2.75) is 11.5 Å². The normalized spacial score (nSPS) is 10.8. The molecule has 0 heterocycles. The molecular formula is C15H12ClNO5S. The summed E-state index contributed by atoms with van der Waals surface area (Å²) in [5.74, 6) is 0. The molecule has 1 N–H and O–H groups in total. The first-order valence-corrected chi connectivity index (χ1v) is 8.28. The highest BCUT2D eigenvalue weighted by Gasteiger charge is 2.19. The Kier molecular flexibility index (Phi) is 5.36. The Labute approximate surface area is 138 Å². The summed E-state index contributed by atoms with van der Waals surface area (Å²) in [6.45, 7) is -0.0537. The highest BCUT2D eigenvalue weighted by molar-refractivity contribution is 7.90. The van der Waals surface area contributed by atoms with Crippen LogP contribution in [0.4, 0.5) is 4.79 Å². The van der Waals surface area contributed by atoms with Crippen molar-refractivity contribution < 1.29 is 22.7 Å². The van der Waals surface area contributed by atoms with Crippen LogP contribution in [0.3, 0.4) is 0 Å². The molecule has 0 fully saturated rings. The van der Waals surface area contributed by atoms with Crippen LogP contribution in [-0.4, -0.2) is 19.8 Å². The van der Waals surface area contributed by atoms with Crippen LogP contribution >= 0.6 is 11.6 Å². The molecule has 0 aliphatic heterocycles. The first-order chi connectivity index (χ1) is 10.9. The van der Waals surface area contributed by atoms with E-state index < -0.39 is 21.4 Å². The first kappa shape index (κ1) is 17.0. The Morgan fingerprint density at radius 1 is 1.00 bits per heavy atom. The van der Waals surface area contributed by atoms with Crippen LogP contribution in [0.15, 0.2) is 59.5 Å². The van der Waals surface area contributed by atoms with Gasteiger partial charge in [-0.1, -0.05) is 30.3 Å². The van der Waals surface area contributed by atoms with Gasteiger partial charge < -0.3 is 4.74 Å². The van der Waals surface area contributed by atoms with Gasteiger partial charge in [0, 0.05) is 5.56 Å². The van der Waals surface area contributed by atoms with E-state index in [1.54, 1.807) is 29.0 Å². The van der Waals surface area contributed by atoms with E-state index in [4.69, 9.17) is 16.3 Å². The van der Waals surface area contributed by atoms with Gasteiger partial charge in [-0.05, 0) is 41.4 Å². The molecule has 0 saturated heterocycles. The molecule has 0 bridgehead atoms. The number of benzene rings is 2. The molecule has 8 heteroatoms. The van der Waals surface area contributed by atoms with Gasteiger partial charge in [0.25, 0.3) is 15.3 Å². The summed E-state index contributed by atoms with van der Waals surface area (Å²) in [6, 6.07) is 13.7. The molecule has 0 radical (unpaired) electrons. The summed E-state index contributed by atoms with van der Waals surface area (Å²) in [5, 5.41) is -0.704. The van der Waals surface area contributed by atoms with Crippen molar-refractivity contribution in [1.29, 1.82) is 0 Å². The van der Waals surface area contributed by atoms with Crippen LogP contribution in [0.1, 0.15) is 15.9 Å². The number of nitrogens with one attached hydrogen (secondary N) is 1.